The van der Waals surface area contributed by atoms with Crippen LogP contribution in [-0.4, -0.2) is 14.1 Å². The summed E-state index contributed by atoms with van der Waals surface area (Å²) in [5, 5.41) is 23.9. The van der Waals surface area contributed by atoms with Crippen molar-refractivity contribution in [2.45, 2.75) is 0 Å². The zero-order chi connectivity index (χ0) is 44.8. The van der Waals surface area contributed by atoms with Gasteiger partial charge in [-0.05, 0) is 59.0 Å². The van der Waals surface area contributed by atoms with E-state index in [0.717, 1.165) is 114 Å². The highest BCUT2D eigenvalue weighted by Gasteiger charge is 2.33. The van der Waals surface area contributed by atoms with Crippen molar-refractivity contribution in [2.75, 3.05) is 0 Å². The van der Waals surface area contributed by atoms with Gasteiger partial charge in [0.2, 0.25) is 5.69 Å². The molecule has 0 unspecified atom stereocenters. The van der Waals surface area contributed by atoms with Crippen LogP contribution < -0.4 is 0 Å². The molecule has 312 valence electrons. The topological polar surface area (TPSA) is 64.0 Å². The highest BCUT2D eigenvalue weighted by molar-refractivity contribution is 7.26. The van der Waals surface area contributed by atoms with E-state index in [-0.39, 0.29) is 0 Å². The first-order chi connectivity index (χ1) is 33.7. The van der Waals surface area contributed by atoms with E-state index in [1.54, 1.807) is 11.3 Å². The summed E-state index contributed by atoms with van der Waals surface area (Å²) in [7, 11) is 0. The van der Waals surface area contributed by atoms with Crippen LogP contribution in [-0.2, 0) is 0 Å². The van der Waals surface area contributed by atoms with Gasteiger partial charge < -0.3 is 13.6 Å². The maximum atomic E-state index is 12.1. The second-order valence-electron chi connectivity index (χ2n) is 17.5. The van der Waals surface area contributed by atoms with Gasteiger partial charge in [0.1, 0.15) is 17.2 Å². The van der Waals surface area contributed by atoms with Crippen LogP contribution in [0.2, 0.25) is 0 Å². The number of hydrogen-bond donors (Lipinski definition) is 0. The average Bonchev–Trinajstić information content (AvgIpc) is 4.16. The minimum absolute atomic E-state index is 0.395. The molecular weight excluding hydrogens is 851 g/mol. The van der Waals surface area contributed by atoms with E-state index in [4.69, 9.17) is 9.40 Å². The molecular formula is C61H31N5OS. The molecule has 0 N–H and O–H groups in total. The number of nitriles is 1. The fourth-order valence-electron chi connectivity index (χ4n) is 11.5. The van der Waals surface area contributed by atoms with Crippen molar-refractivity contribution in [1.82, 2.24) is 14.1 Å². The average molecular weight is 882 g/mol. The normalized spacial score (nSPS) is 12.1. The molecule has 15 aromatic rings. The molecule has 0 amide bonds. The third-order valence-corrected chi connectivity index (χ3v) is 15.4. The van der Waals surface area contributed by atoms with Gasteiger partial charge in [-0.2, -0.15) is 5.26 Å². The molecule has 5 heterocycles. The van der Waals surface area contributed by atoms with Crippen LogP contribution in [0.1, 0.15) is 5.56 Å². The van der Waals surface area contributed by atoms with E-state index < -0.39 is 0 Å². The first-order valence-electron chi connectivity index (χ1n) is 22.6. The van der Waals surface area contributed by atoms with Gasteiger partial charge in [-0.1, -0.05) is 140 Å². The molecule has 15 rings (SSSR count). The Morgan fingerprint density at radius 3 is 1.91 bits per heavy atom. The summed E-state index contributed by atoms with van der Waals surface area (Å²) < 4.78 is 13.7. The molecule has 0 bridgehead atoms. The monoisotopic (exact) mass is 881 g/mol. The number of pyridine rings is 1. The first-order valence-corrected chi connectivity index (χ1v) is 23.4. The zero-order valence-electron chi connectivity index (χ0n) is 36.0. The van der Waals surface area contributed by atoms with E-state index in [1.165, 1.54) is 10.1 Å². The molecule has 10 aromatic carbocycles. The molecule has 5 aromatic heterocycles. The lowest BCUT2D eigenvalue weighted by molar-refractivity contribution is 0.669. The lowest BCUT2D eigenvalue weighted by Crippen LogP contribution is -2.09. The quantitative estimate of drug-likeness (QED) is 0.131. The Morgan fingerprint density at radius 1 is 0.500 bits per heavy atom. The predicted molar refractivity (Wildman–Crippen MR) is 281 cm³/mol. The minimum Gasteiger partial charge on any atom is -0.456 e. The molecule has 0 aliphatic heterocycles. The molecule has 6 nitrogen and oxygen atoms in total. The lowest BCUT2D eigenvalue weighted by Gasteiger charge is -2.26. The standard InChI is InChI=1S/C61H31N5OS/c1-63-56-50(34-15-4-2-5-16-34)44(33-62)58(51(35-17-6-3-7-18-35)60(56)65-45-24-12-21-37-38-23-14-32-64-55(38)43-22-13-25-46(65)53(43)52(37)45)66-57-39(30-31-48-54(57)42-20-8-10-26-47(42)67-48)40-28-29-41-36-19-9-11-27-49(36)68-61(41)59(40)66/h2-32H. The molecule has 0 spiro atoms. The smallest absolute Gasteiger partial charge is 0.220 e. The molecule has 0 atom stereocenters. The number of rotatable bonds is 4. The highest BCUT2D eigenvalue weighted by Crippen LogP contribution is 2.55. The molecule has 0 aliphatic rings. The van der Waals surface area contributed by atoms with Gasteiger partial charge in [0.25, 0.3) is 0 Å². The molecule has 7 heteroatoms. The maximum Gasteiger partial charge on any atom is 0.220 e. The van der Waals surface area contributed by atoms with Crippen LogP contribution in [0, 0.1) is 17.9 Å². The number of benzene rings is 10. The Morgan fingerprint density at radius 2 is 1.13 bits per heavy atom. The Hall–Kier alpha value is -9.27. The van der Waals surface area contributed by atoms with Crippen molar-refractivity contribution >= 4 is 124 Å². The lowest BCUT2D eigenvalue weighted by atomic mass is 9.88. The van der Waals surface area contributed by atoms with Crippen molar-refractivity contribution in [3.63, 3.8) is 0 Å². The number of furan rings is 1. The van der Waals surface area contributed by atoms with Gasteiger partial charge in [0, 0.05) is 70.5 Å². The number of thiophene rings is 1. The third-order valence-electron chi connectivity index (χ3n) is 14.2. The second kappa shape index (κ2) is 13.6. The number of aromatic nitrogens is 3. The van der Waals surface area contributed by atoms with Crippen molar-refractivity contribution < 1.29 is 4.42 Å². The third kappa shape index (κ3) is 4.69. The van der Waals surface area contributed by atoms with Gasteiger partial charge in [0.05, 0.1) is 61.2 Å². The molecule has 0 saturated carbocycles. The summed E-state index contributed by atoms with van der Waals surface area (Å²) in [6.45, 7) is 9.36. The van der Waals surface area contributed by atoms with Crippen LogP contribution in [0.15, 0.2) is 193 Å². The Labute approximate surface area is 391 Å². The fraction of sp³-hybridized carbons (Fsp3) is 0. The van der Waals surface area contributed by atoms with Crippen molar-refractivity contribution in [2.24, 2.45) is 0 Å². The number of hydrogen-bond acceptors (Lipinski definition) is 4. The largest absolute Gasteiger partial charge is 0.456 e. The maximum absolute atomic E-state index is 12.1. The molecule has 0 aliphatic carbocycles. The summed E-state index contributed by atoms with van der Waals surface area (Å²) in [4.78, 5) is 9.54. The molecule has 0 saturated heterocycles. The van der Waals surface area contributed by atoms with Gasteiger partial charge in [-0.15, -0.1) is 11.3 Å². The van der Waals surface area contributed by atoms with E-state index in [1.807, 2.05) is 72.9 Å². The van der Waals surface area contributed by atoms with Crippen molar-refractivity contribution in [1.29, 1.82) is 5.26 Å². The van der Waals surface area contributed by atoms with Crippen LogP contribution >= 0.6 is 11.3 Å². The van der Waals surface area contributed by atoms with E-state index in [0.29, 0.717) is 28.2 Å². The molecule has 68 heavy (non-hydrogen) atoms. The number of para-hydroxylation sites is 1. The van der Waals surface area contributed by atoms with Crippen molar-refractivity contribution in [3.05, 3.63) is 205 Å². The van der Waals surface area contributed by atoms with E-state index in [9.17, 15) is 11.8 Å². The van der Waals surface area contributed by atoms with Gasteiger partial charge >= 0.3 is 0 Å². The minimum atomic E-state index is 0.395. The van der Waals surface area contributed by atoms with E-state index >= 15 is 0 Å². The van der Waals surface area contributed by atoms with Crippen LogP contribution in [0.25, 0.3) is 146 Å². The highest BCUT2D eigenvalue weighted by atomic mass is 32.1. The summed E-state index contributed by atoms with van der Waals surface area (Å²) in [5.74, 6) is 0. The molecule has 0 radical (unpaired) electrons. The Kier molecular flexibility index (Phi) is 7.42. The summed E-state index contributed by atoms with van der Waals surface area (Å²) in [6, 6.07) is 65.8. The summed E-state index contributed by atoms with van der Waals surface area (Å²) in [6.07, 6.45) is 1.86. The van der Waals surface area contributed by atoms with Gasteiger partial charge in [-0.25, -0.2) is 4.85 Å². The van der Waals surface area contributed by atoms with Crippen LogP contribution in [0.3, 0.4) is 0 Å². The predicted octanol–water partition coefficient (Wildman–Crippen LogP) is 17.0. The van der Waals surface area contributed by atoms with Crippen LogP contribution in [0.5, 0.6) is 0 Å². The Balaban J connectivity index is 1.27. The Bertz CT molecular complexity index is 4660. The fourth-order valence-corrected chi connectivity index (χ4v) is 12.8. The van der Waals surface area contributed by atoms with Gasteiger partial charge in [0.15, 0.2) is 0 Å². The summed E-state index contributed by atoms with van der Waals surface area (Å²) in [5.41, 5.74) is 11.6. The SMILES string of the molecule is [C-]#[N+]c1c(-c2ccccc2)c(C#N)c(-n2c3c(ccc4c5ccccc5sc43)c3ccc4oc5ccccc5c4c32)c(-c2ccccc2)c1-n1c2cccc3c4cccnc4c4cccc1c4c32. The summed E-state index contributed by atoms with van der Waals surface area (Å²) >= 11 is 1.77. The van der Waals surface area contributed by atoms with Gasteiger partial charge in [-0.3, -0.25) is 4.98 Å². The van der Waals surface area contributed by atoms with Crippen LogP contribution in [0.4, 0.5) is 5.69 Å². The molecule has 0 fully saturated rings. The van der Waals surface area contributed by atoms with Crippen molar-refractivity contribution in [3.8, 4) is 39.7 Å². The number of nitrogens with zero attached hydrogens (tertiary/aromatic N) is 5. The second-order valence-corrected chi connectivity index (χ2v) is 18.5. The first kappa shape index (κ1) is 37.0. The zero-order valence-corrected chi connectivity index (χ0v) is 36.8. The number of fused-ring (bicyclic) bond motifs is 14. The van der Waals surface area contributed by atoms with E-state index in [2.05, 4.69) is 135 Å².